The highest BCUT2D eigenvalue weighted by atomic mass is 32.2. The Labute approximate surface area is 221 Å². The van der Waals surface area contributed by atoms with Gasteiger partial charge in [0.25, 0.3) is 5.91 Å². The first-order valence-corrected chi connectivity index (χ1v) is 13.6. The Bertz CT molecular complexity index is 1560. The van der Waals surface area contributed by atoms with E-state index in [0.717, 1.165) is 11.6 Å². The largest absolute Gasteiger partial charge is 0.406 e. The van der Waals surface area contributed by atoms with Crippen molar-refractivity contribution >= 4 is 43.9 Å². The Morgan fingerprint density at radius 2 is 1.92 bits per heavy atom. The number of hydroxylamine groups is 2. The fourth-order valence-electron chi connectivity index (χ4n) is 4.16. The van der Waals surface area contributed by atoms with Gasteiger partial charge in [-0.25, -0.2) is 18.5 Å². The van der Waals surface area contributed by atoms with Crippen molar-refractivity contribution in [2.24, 2.45) is 0 Å². The standard InChI is InChI=1S/C25H24F3N5O5S/c1-32(36)24(35)21-7-5-17(14-29-21)31-23(34)8-6-18-13-19-20(30-16-9-11-39(37,38)12-10-16)3-2-4-22(19)33(18)15-25(26,27)28/h2-5,7,13-14,16,30,36H,9-12,15H2,1H3,(H,31,34). The number of carbonyl (C=O) groups is 2. The molecule has 1 fully saturated rings. The minimum Gasteiger partial charge on any atom is -0.382 e. The van der Waals surface area contributed by atoms with Crippen molar-refractivity contribution in [3.8, 4) is 11.8 Å². The number of alkyl halides is 3. The highest BCUT2D eigenvalue weighted by Gasteiger charge is 2.30. The molecule has 0 atom stereocenters. The van der Waals surface area contributed by atoms with Gasteiger partial charge >= 0.3 is 12.1 Å². The first-order chi connectivity index (χ1) is 18.3. The van der Waals surface area contributed by atoms with Gasteiger partial charge in [0.1, 0.15) is 22.1 Å². The van der Waals surface area contributed by atoms with Crippen LogP contribution < -0.4 is 10.6 Å². The molecule has 0 radical (unpaired) electrons. The number of nitrogens with zero attached hydrogens (tertiary/aromatic N) is 3. The van der Waals surface area contributed by atoms with E-state index < -0.39 is 34.4 Å². The Morgan fingerprint density at radius 1 is 1.21 bits per heavy atom. The topological polar surface area (TPSA) is 134 Å². The summed E-state index contributed by atoms with van der Waals surface area (Å²) in [6, 6.07) is 8.74. The van der Waals surface area contributed by atoms with Crippen LogP contribution in [0.2, 0.25) is 0 Å². The molecule has 1 aliphatic rings. The van der Waals surface area contributed by atoms with E-state index in [1.165, 1.54) is 30.5 Å². The van der Waals surface area contributed by atoms with Crippen LogP contribution in [0.1, 0.15) is 29.0 Å². The molecule has 2 amide bonds. The molecule has 39 heavy (non-hydrogen) atoms. The minimum absolute atomic E-state index is 0.0363. The SMILES string of the molecule is CN(O)C(=O)c1ccc(NC(=O)C#Cc2cc3c(NC4CCS(=O)(=O)CC4)cccc3n2CC(F)(F)F)cn1. The number of nitrogens with one attached hydrogen (secondary N) is 2. The van der Waals surface area contributed by atoms with Gasteiger partial charge in [0.15, 0.2) is 0 Å². The third-order valence-electron chi connectivity index (χ3n) is 6.04. The van der Waals surface area contributed by atoms with E-state index in [9.17, 15) is 36.4 Å². The summed E-state index contributed by atoms with van der Waals surface area (Å²) in [6.45, 7) is -1.33. The van der Waals surface area contributed by atoms with Crippen LogP contribution in [0.15, 0.2) is 42.6 Å². The Hall–Kier alpha value is -4.09. The first-order valence-electron chi connectivity index (χ1n) is 11.7. The monoisotopic (exact) mass is 563 g/mol. The predicted octanol–water partition coefficient (Wildman–Crippen LogP) is 3.04. The van der Waals surface area contributed by atoms with Gasteiger partial charge < -0.3 is 15.2 Å². The van der Waals surface area contributed by atoms with Gasteiger partial charge in [-0.05, 0) is 49.1 Å². The van der Waals surface area contributed by atoms with Crippen molar-refractivity contribution in [2.75, 3.05) is 29.2 Å². The van der Waals surface area contributed by atoms with Crippen molar-refractivity contribution in [3.05, 3.63) is 54.0 Å². The maximum Gasteiger partial charge on any atom is 0.406 e. The second kappa shape index (κ2) is 11.0. The van der Waals surface area contributed by atoms with E-state index in [0.29, 0.717) is 29.0 Å². The molecule has 3 heterocycles. The van der Waals surface area contributed by atoms with Crippen molar-refractivity contribution < 1.29 is 36.4 Å². The molecule has 14 heteroatoms. The lowest BCUT2D eigenvalue weighted by Crippen LogP contribution is -2.32. The third kappa shape index (κ3) is 7.06. The maximum atomic E-state index is 13.4. The van der Waals surface area contributed by atoms with Gasteiger partial charge in [-0.2, -0.15) is 13.2 Å². The van der Waals surface area contributed by atoms with Crippen LogP contribution in [0.4, 0.5) is 24.5 Å². The number of halogens is 3. The molecule has 206 valence electrons. The van der Waals surface area contributed by atoms with Gasteiger partial charge in [-0.15, -0.1) is 0 Å². The van der Waals surface area contributed by atoms with Crippen molar-refractivity contribution in [1.82, 2.24) is 14.6 Å². The number of hydrogen-bond acceptors (Lipinski definition) is 7. The molecule has 2 aromatic heterocycles. The predicted molar refractivity (Wildman–Crippen MR) is 137 cm³/mol. The molecule has 10 nitrogen and oxygen atoms in total. The smallest absolute Gasteiger partial charge is 0.382 e. The highest BCUT2D eigenvalue weighted by Crippen LogP contribution is 2.31. The lowest BCUT2D eigenvalue weighted by molar-refractivity contribution is -0.140. The number of hydrogen-bond donors (Lipinski definition) is 3. The second-order valence-electron chi connectivity index (χ2n) is 9.00. The number of aromatic nitrogens is 2. The highest BCUT2D eigenvalue weighted by molar-refractivity contribution is 7.91. The molecular formula is C25H24F3N5O5S. The van der Waals surface area contributed by atoms with E-state index >= 15 is 0 Å². The summed E-state index contributed by atoms with van der Waals surface area (Å²) in [4.78, 5) is 27.9. The van der Waals surface area contributed by atoms with Gasteiger partial charge in [-0.1, -0.05) is 6.07 Å². The third-order valence-corrected chi connectivity index (χ3v) is 7.75. The molecule has 0 saturated carbocycles. The van der Waals surface area contributed by atoms with Crippen LogP contribution >= 0.6 is 0 Å². The summed E-state index contributed by atoms with van der Waals surface area (Å²) in [5.41, 5.74) is 0.870. The molecule has 1 saturated heterocycles. The number of anilines is 2. The average Bonchev–Trinajstić information content (AvgIpc) is 3.20. The second-order valence-corrected chi connectivity index (χ2v) is 11.3. The van der Waals surface area contributed by atoms with Crippen LogP contribution in [-0.2, 0) is 21.2 Å². The lowest BCUT2D eigenvalue weighted by Gasteiger charge is -2.24. The van der Waals surface area contributed by atoms with Crippen molar-refractivity contribution in [1.29, 1.82) is 0 Å². The van der Waals surface area contributed by atoms with Crippen LogP contribution in [0, 0.1) is 11.8 Å². The summed E-state index contributed by atoms with van der Waals surface area (Å²) in [5, 5.41) is 15.7. The van der Waals surface area contributed by atoms with Crippen LogP contribution in [-0.4, -0.2) is 70.8 Å². The van der Waals surface area contributed by atoms with E-state index in [-0.39, 0.29) is 40.1 Å². The molecule has 0 unspecified atom stereocenters. The fourth-order valence-corrected chi connectivity index (χ4v) is 5.65. The van der Waals surface area contributed by atoms with Gasteiger partial charge in [0.05, 0.1) is 34.6 Å². The fraction of sp³-hybridized carbons (Fsp3) is 0.320. The average molecular weight is 564 g/mol. The van der Waals surface area contributed by atoms with E-state index in [2.05, 4.69) is 27.5 Å². The Balaban J connectivity index is 1.59. The van der Waals surface area contributed by atoms with Gasteiger partial charge in [-0.3, -0.25) is 14.8 Å². The number of fused-ring (bicyclic) bond motifs is 1. The van der Waals surface area contributed by atoms with Gasteiger partial charge in [0.2, 0.25) is 0 Å². The molecule has 0 spiro atoms. The Kier molecular flexibility index (Phi) is 7.84. The number of benzene rings is 1. The van der Waals surface area contributed by atoms with Gasteiger partial charge in [0, 0.05) is 30.1 Å². The quantitative estimate of drug-likeness (QED) is 0.247. The van der Waals surface area contributed by atoms with E-state index in [4.69, 9.17) is 0 Å². The number of pyridine rings is 1. The van der Waals surface area contributed by atoms with Crippen LogP contribution in [0.3, 0.4) is 0 Å². The molecule has 1 aromatic carbocycles. The van der Waals surface area contributed by atoms with Crippen LogP contribution in [0.5, 0.6) is 0 Å². The molecule has 4 rings (SSSR count). The normalized spacial score (nSPS) is 15.3. The molecule has 0 aliphatic carbocycles. The minimum atomic E-state index is -4.56. The van der Waals surface area contributed by atoms with Crippen molar-refractivity contribution in [3.63, 3.8) is 0 Å². The maximum absolute atomic E-state index is 13.4. The summed E-state index contributed by atoms with van der Waals surface area (Å²) in [7, 11) is -1.94. The summed E-state index contributed by atoms with van der Waals surface area (Å²) in [6.07, 6.45) is -2.62. The molecule has 3 N–H and O–H groups in total. The van der Waals surface area contributed by atoms with E-state index in [1.807, 2.05) is 0 Å². The molecule has 1 aliphatic heterocycles. The number of amides is 2. The zero-order chi connectivity index (χ0) is 28.4. The van der Waals surface area contributed by atoms with E-state index in [1.54, 1.807) is 12.1 Å². The molecular weight excluding hydrogens is 539 g/mol. The number of rotatable bonds is 5. The Morgan fingerprint density at radius 3 is 2.54 bits per heavy atom. The summed E-state index contributed by atoms with van der Waals surface area (Å²) >= 11 is 0. The number of sulfone groups is 1. The zero-order valence-corrected chi connectivity index (χ0v) is 21.4. The summed E-state index contributed by atoms with van der Waals surface area (Å²) in [5.74, 6) is 3.29. The molecule has 3 aromatic rings. The van der Waals surface area contributed by atoms with Crippen LogP contribution in [0.25, 0.3) is 10.9 Å². The number of carbonyl (C=O) groups excluding carboxylic acids is 2. The molecule has 0 bridgehead atoms. The lowest BCUT2D eigenvalue weighted by atomic mass is 10.1. The summed E-state index contributed by atoms with van der Waals surface area (Å²) < 4.78 is 64.7. The van der Waals surface area contributed by atoms with Crippen molar-refractivity contribution in [2.45, 2.75) is 31.6 Å². The zero-order valence-electron chi connectivity index (χ0n) is 20.6. The first kappa shape index (κ1) is 27.9.